The second-order valence-corrected chi connectivity index (χ2v) is 6.14. The van der Waals surface area contributed by atoms with E-state index in [1.807, 2.05) is 36.4 Å². The van der Waals surface area contributed by atoms with Gasteiger partial charge in [0.25, 0.3) is 0 Å². The topological polar surface area (TPSA) is 63.9 Å². The quantitative estimate of drug-likeness (QED) is 0.637. The van der Waals surface area contributed by atoms with Crippen LogP contribution in [0.25, 0.3) is 0 Å². The van der Waals surface area contributed by atoms with E-state index in [1.165, 1.54) is 0 Å². The molecule has 0 spiro atoms. The molecule has 3 aromatic carbocycles. The fourth-order valence-corrected chi connectivity index (χ4v) is 2.75. The van der Waals surface area contributed by atoms with Gasteiger partial charge in [0.1, 0.15) is 17.2 Å². The molecule has 0 aromatic heterocycles. The van der Waals surface area contributed by atoms with Crippen molar-refractivity contribution < 1.29 is 15.3 Å². The molecule has 0 unspecified atom stereocenters. The Morgan fingerprint density at radius 3 is 0.920 bits per heavy atom. The van der Waals surface area contributed by atoms with Gasteiger partial charge in [-0.2, -0.15) is 0 Å². The number of phenols is 3. The molecule has 3 rings (SSSR count). The van der Waals surface area contributed by atoms with Gasteiger partial charge in [-0.25, -0.2) is 0 Å². The maximum absolute atomic E-state index is 9.45. The van der Waals surface area contributed by atoms with Gasteiger partial charge in [0.15, 0.2) is 0 Å². The van der Waals surface area contributed by atoms with Gasteiger partial charge < -0.3 is 15.3 Å². The van der Waals surface area contributed by atoms with Crippen LogP contribution >= 0.6 is 0 Å². The van der Waals surface area contributed by atoms with Crippen LogP contribution in [0.5, 0.6) is 17.2 Å². The van der Waals surface area contributed by atoms with Gasteiger partial charge >= 0.3 is 0 Å². The average Bonchev–Trinajstić information content (AvgIpc) is 2.61. The van der Waals surface area contributed by atoms with Crippen molar-refractivity contribution in [2.75, 3.05) is 0 Å². The summed E-state index contributed by atoms with van der Waals surface area (Å²) in [6.45, 7) is 2.17. The van der Waals surface area contributed by atoms with Gasteiger partial charge in [-0.05, 0) is 53.1 Å². The first-order valence-corrected chi connectivity index (χ1v) is 8.14. The molecule has 0 saturated heterocycles. The van der Waals surface area contributed by atoms with Gasteiger partial charge in [0.05, 0.1) is 0 Å². The molecule has 25 heavy (non-hydrogen) atoms. The Morgan fingerprint density at radius 1 is 0.440 bits per heavy atom. The first-order chi connectivity index (χ1) is 12.1. The Kier molecular flexibility index (Phi) is 5.21. The lowest BCUT2D eigenvalue weighted by atomic mass is 10.1. The minimum atomic E-state index is 0.257. The summed E-state index contributed by atoms with van der Waals surface area (Å²) in [7, 11) is 0. The van der Waals surface area contributed by atoms with Crippen molar-refractivity contribution in [2.24, 2.45) is 0 Å². The zero-order chi connectivity index (χ0) is 17.6. The van der Waals surface area contributed by atoms with E-state index >= 15 is 0 Å². The van der Waals surface area contributed by atoms with Gasteiger partial charge in [0.2, 0.25) is 0 Å². The third-order valence-corrected chi connectivity index (χ3v) is 4.03. The lowest BCUT2D eigenvalue weighted by Gasteiger charge is -2.23. The second kappa shape index (κ2) is 7.73. The number of hydrogen-bond donors (Lipinski definition) is 3. The van der Waals surface area contributed by atoms with Crippen LogP contribution in [0.4, 0.5) is 0 Å². The van der Waals surface area contributed by atoms with Crippen LogP contribution in [-0.2, 0) is 19.6 Å². The molecule has 0 atom stereocenters. The van der Waals surface area contributed by atoms with E-state index in [-0.39, 0.29) is 17.2 Å². The van der Waals surface area contributed by atoms with Crippen molar-refractivity contribution in [3.05, 3.63) is 89.5 Å². The number of hydrogen-bond acceptors (Lipinski definition) is 4. The van der Waals surface area contributed by atoms with E-state index in [0.29, 0.717) is 0 Å². The van der Waals surface area contributed by atoms with Crippen LogP contribution in [0.2, 0.25) is 0 Å². The molecule has 3 N–H and O–H groups in total. The summed E-state index contributed by atoms with van der Waals surface area (Å²) in [5.41, 5.74) is 3.32. The number of phenolic OH excluding ortho intramolecular Hbond substituents is 3. The second-order valence-electron chi connectivity index (χ2n) is 6.14. The number of rotatable bonds is 6. The van der Waals surface area contributed by atoms with Crippen molar-refractivity contribution >= 4 is 0 Å². The minimum Gasteiger partial charge on any atom is -0.508 e. The summed E-state index contributed by atoms with van der Waals surface area (Å²) >= 11 is 0. The van der Waals surface area contributed by atoms with Crippen molar-refractivity contribution in [3.63, 3.8) is 0 Å². The van der Waals surface area contributed by atoms with Crippen molar-refractivity contribution in [1.82, 2.24) is 4.90 Å². The SMILES string of the molecule is Oc1ccc(CN(Cc2ccc(O)cc2)Cc2ccc(O)cc2)cc1. The van der Waals surface area contributed by atoms with Crippen molar-refractivity contribution in [3.8, 4) is 17.2 Å². The van der Waals surface area contributed by atoms with Gasteiger partial charge in [-0.3, -0.25) is 4.90 Å². The van der Waals surface area contributed by atoms with Crippen LogP contribution in [-0.4, -0.2) is 20.2 Å². The normalized spacial score (nSPS) is 10.9. The van der Waals surface area contributed by atoms with Crippen LogP contribution in [0.15, 0.2) is 72.8 Å². The van der Waals surface area contributed by atoms with Crippen molar-refractivity contribution in [2.45, 2.75) is 19.6 Å². The van der Waals surface area contributed by atoms with E-state index in [0.717, 1.165) is 36.3 Å². The number of nitrogens with zero attached hydrogens (tertiary/aromatic N) is 1. The molecule has 0 bridgehead atoms. The molecule has 0 aliphatic rings. The van der Waals surface area contributed by atoms with Gasteiger partial charge in [-0.1, -0.05) is 36.4 Å². The summed E-state index contributed by atoms with van der Waals surface area (Å²) in [6.07, 6.45) is 0. The predicted octanol–water partition coefficient (Wildman–Crippen LogP) is 4.01. The highest BCUT2D eigenvalue weighted by Crippen LogP contribution is 2.19. The fraction of sp³-hybridized carbons (Fsp3) is 0.143. The molecule has 0 heterocycles. The molecular formula is C21H21NO3. The van der Waals surface area contributed by atoms with Crippen LogP contribution in [0.1, 0.15) is 16.7 Å². The number of aromatic hydroxyl groups is 3. The summed E-state index contributed by atoms with van der Waals surface area (Å²) in [6, 6.07) is 21.6. The highest BCUT2D eigenvalue weighted by molar-refractivity contribution is 5.29. The van der Waals surface area contributed by atoms with E-state index in [9.17, 15) is 15.3 Å². The molecule has 0 radical (unpaired) electrons. The van der Waals surface area contributed by atoms with E-state index < -0.39 is 0 Å². The largest absolute Gasteiger partial charge is 0.508 e. The Bertz CT molecular complexity index is 683. The minimum absolute atomic E-state index is 0.257. The first-order valence-electron chi connectivity index (χ1n) is 8.14. The number of benzene rings is 3. The molecule has 0 aliphatic heterocycles. The molecule has 4 heteroatoms. The predicted molar refractivity (Wildman–Crippen MR) is 97.3 cm³/mol. The lowest BCUT2D eigenvalue weighted by molar-refractivity contribution is 0.247. The Labute approximate surface area is 147 Å². The Morgan fingerprint density at radius 2 is 0.680 bits per heavy atom. The summed E-state index contributed by atoms with van der Waals surface area (Å²) in [5, 5.41) is 28.4. The lowest BCUT2D eigenvalue weighted by Crippen LogP contribution is -2.22. The molecule has 0 aliphatic carbocycles. The summed E-state index contributed by atoms with van der Waals surface area (Å²) in [4.78, 5) is 2.27. The smallest absolute Gasteiger partial charge is 0.115 e. The highest BCUT2D eigenvalue weighted by atomic mass is 16.3. The van der Waals surface area contributed by atoms with Crippen LogP contribution < -0.4 is 0 Å². The monoisotopic (exact) mass is 335 g/mol. The molecule has 0 amide bonds. The summed E-state index contributed by atoms with van der Waals surface area (Å²) < 4.78 is 0. The van der Waals surface area contributed by atoms with Crippen LogP contribution in [0.3, 0.4) is 0 Å². The van der Waals surface area contributed by atoms with E-state index in [1.54, 1.807) is 36.4 Å². The molecule has 0 saturated carbocycles. The van der Waals surface area contributed by atoms with E-state index in [2.05, 4.69) is 4.90 Å². The summed E-state index contributed by atoms with van der Waals surface area (Å²) in [5.74, 6) is 0.770. The third kappa shape index (κ3) is 4.99. The maximum atomic E-state index is 9.45. The zero-order valence-electron chi connectivity index (χ0n) is 13.8. The molecular weight excluding hydrogens is 314 g/mol. The molecule has 3 aromatic rings. The van der Waals surface area contributed by atoms with Crippen molar-refractivity contribution in [1.29, 1.82) is 0 Å². The highest BCUT2D eigenvalue weighted by Gasteiger charge is 2.09. The average molecular weight is 335 g/mol. The Hall–Kier alpha value is -2.98. The molecule has 0 fully saturated rings. The van der Waals surface area contributed by atoms with E-state index in [4.69, 9.17) is 0 Å². The van der Waals surface area contributed by atoms with Crippen LogP contribution in [0, 0.1) is 0 Å². The maximum Gasteiger partial charge on any atom is 0.115 e. The third-order valence-electron chi connectivity index (χ3n) is 4.03. The molecule has 4 nitrogen and oxygen atoms in total. The fourth-order valence-electron chi connectivity index (χ4n) is 2.75. The zero-order valence-corrected chi connectivity index (χ0v) is 13.8. The molecule has 128 valence electrons. The Balaban J connectivity index is 1.77. The standard InChI is InChI=1S/C21H21NO3/c23-19-7-1-16(2-8-19)13-22(14-17-3-9-20(24)10-4-17)15-18-5-11-21(25)12-6-18/h1-12,23-25H,13-15H2. The van der Waals surface area contributed by atoms with Gasteiger partial charge in [0, 0.05) is 19.6 Å². The van der Waals surface area contributed by atoms with Gasteiger partial charge in [-0.15, -0.1) is 0 Å². The first kappa shape index (κ1) is 16.9.